The Morgan fingerprint density at radius 2 is 1.40 bits per heavy atom. The van der Waals surface area contributed by atoms with Crippen LogP contribution in [0.2, 0.25) is 0 Å². The van der Waals surface area contributed by atoms with E-state index in [1.807, 2.05) is 77.7 Å². The zero-order valence-electron chi connectivity index (χ0n) is 17.0. The fourth-order valence-corrected chi connectivity index (χ4v) is 3.98. The van der Waals surface area contributed by atoms with Gasteiger partial charge in [-0.25, -0.2) is 0 Å². The highest BCUT2D eigenvalue weighted by Crippen LogP contribution is 2.23. The van der Waals surface area contributed by atoms with Crippen LogP contribution in [-0.2, 0) is 11.2 Å². The van der Waals surface area contributed by atoms with Gasteiger partial charge < -0.3 is 10.2 Å². The quantitative estimate of drug-likeness (QED) is 0.673. The largest absolute Gasteiger partial charge is 0.339 e. The zero-order valence-corrected chi connectivity index (χ0v) is 17.0. The minimum absolute atomic E-state index is 0.0396. The van der Waals surface area contributed by atoms with Gasteiger partial charge in [0.15, 0.2) is 0 Å². The summed E-state index contributed by atoms with van der Waals surface area (Å²) in [6.45, 7) is 1.21. The lowest BCUT2D eigenvalue weighted by Gasteiger charge is -2.32. The maximum atomic E-state index is 13.2. The highest BCUT2D eigenvalue weighted by atomic mass is 16.2. The van der Waals surface area contributed by atoms with Gasteiger partial charge in [0.05, 0.1) is 0 Å². The van der Waals surface area contributed by atoms with Crippen LogP contribution >= 0.6 is 0 Å². The molecule has 0 bridgehead atoms. The van der Waals surface area contributed by atoms with Crippen molar-refractivity contribution in [3.63, 3.8) is 0 Å². The Hall–Kier alpha value is -3.40. The second kappa shape index (κ2) is 9.40. The van der Waals surface area contributed by atoms with Gasteiger partial charge in [-0.1, -0.05) is 66.7 Å². The monoisotopic (exact) mass is 398 g/mol. The average molecular weight is 399 g/mol. The molecule has 0 saturated carbocycles. The minimum Gasteiger partial charge on any atom is -0.339 e. The van der Waals surface area contributed by atoms with E-state index in [1.54, 1.807) is 0 Å². The average Bonchev–Trinajstić information content (AvgIpc) is 2.80. The molecule has 1 aliphatic heterocycles. The number of anilines is 1. The van der Waals surface area contributed by atoms with E-state index in [9.17, 15) is 9.59 Å². The third-order valence-electron chi connectivity index (χ3n) is 5.68. The van der Waals surface area contributed by atoms with Crippen LogP contribution in [0.1, 0.15) is 34.3 Å². The Labute approximate surface area is 177 Å². The van der Waals surface area contributed by atoms with Crippen molar-refractivity contribution in [1.29, 1.82) is 0 Å². The molecule has 3 aromatic carbocycles. The van der Waals surface area contributed by atoms with Crippen molar-refractivity contribution >= 4 is 17.5 Å². The van der Waals surface area contributed by atoms with Crippen LogP contribution in [0.4, 0.5) is 5.69 Å². The SMILES string of the molecule is O=C(Nc1ccccc1)C1CCN(C(=O)c2ccccc2Cc2ccccc2)CC1. The minimum atomic E-state index is -0.0613. The maximum Gasteiger partial charge on any atom is 0.254 e. The molecule has 152 valence electrons. The molecule has 0 atom stereocenters. The molecular formula is C26H26N2O2. The molecule has 1 heterocycles. The van der Waals surface area contributed by atoms with E-state index in [2.05, 4.69) is 17.4 Å². The number of para-hydroxylation sites is 1. The molecule has 2 amide bonds. The van der Waals surface area contributed by atoms with E-state index in [1.165, 1.54) is 5.56 Å². The number of nitrogens with one attached hydrogen (secondary N) is 1. The summed E-state index contributed by atoms with van der Waals surface area (Å²) >= 11 is 0. The Morgan fingerprint density at radius 1 is 0.800 bits per heavy atom. The number of piperidine rings is 1. The van der Waals surface area contributed by atoms with Crippen molar-refractivity contribution in [3.05, 3.63) is 102 Å². The second-order valence-corrected chi connectivity index (χ2v) is 7.74. The number of carbonyl (C=O) groups excluding carboxylic acids is 2. The topological polar surface area (TPSA) is 49.4 Å². The van der Waals surface area contributed by atoms with Crippen molar-refractivity contribution in [2.45, 2.75) is 19.3 Å². The number of amides is 2. The summed E-state index contributed by atoms with van der Waals surface area (Å²) in [6, 6.07) is 27.6. The van der Waals surface area contributed by atoms with E-state index in [4.69, 9.17) is 0 Å². The summed E-state index contributed by atoms with van der Waals surface area (Å²) < 4.78 is 0. The van der Waals surface area contributed by atoms with Gasteiger partial charge in [-0.3, -0.25) is 9.59 Å². The van der Waals surface area contributed by atoms with Crippen LogP contribution in [0.15, 0.2) is 84.9 Å². The first-order valence-corrected chi connectivity index (χ1v) is 10.5. The van der Waals surface area contributed by atoms with Gasteiger partial charge >= 0.3 is 0 Å². The van der Waals surface area contributed by atoms with E-state index in [0.29, 0.717) is 25.9 Å². The number of nitrogens with zero attached hydrogens (tertiary/aromatic N) is 1. The third kappa shape index (κ3) is 4.77. The Kier molecular flexibility index (Phi) is 6.23. The van der Waals surface area contributed by atoms with E-state index < -0.39 is 0 Å². The molecule has 1 aliphatic rings. The molecule has 1 fully saturated rings. The van der Waals surface area contributed by atoms with E-state index >= 15 is 0 Å². The van der Waals surface area contributed by atoms with Gasteiger partial charge in [-0.05, 0) is 48.6 Å². The molecule has 0 aromatic heterocycles. The molecule has 30 heavy (non-hydrogen) atoms. The van der Waals surface area contributed by atoms with Crippen LogP contribution in [-0.4, -0.2) is 29.8 Å². The predicted octanol–water partition coefficient (Wildman–Crippen LogP) is 4.77. The highest BCUT2D eigenvalue weighted by molar-refractivity contribution is 5.96. The highest BCUT2D eigenvalue weighted by Gasteiger charge is 2.28. The van der Waals surface area contributed by atoms with Crippen molar-refractivity contribution < 1.29 is 9.59 Å². The molecule has 4 rings (SSSR count). The zero-order chi connectivity index (χ0) is 20.8. The third-order valence-corrected chi connectivity index (χ3v) is 5.68. The first-order chi connectivity index (χ1) is 14.7. The normalized spacial score (nSPS) is 14.3. The Bertz CT molecular complexity index is 994. The lowest BCUT2D eigenvalue weighted by atomic mass is 9.94. The van der Waals surface area contributed by atoms with Crippen LogP contribution in [0, 0.1) is 5.92 Å². The van der Waals surface area contributed by atoms with E-state index in [-0.39, 0.29) is 17.7 Å². The predicted molar refractivity (Wildman–Crippen MR) is 119 cm³/mol. The smallest absolute Gasteiger partial charge is 0.254 e. The van der Waals surface area contributed by atoms with Gasteiger partial charge in [0.2, 0.25) is 5.91 Å². The van der Waals surface area contributed by atoms with Gasteiger partial charge in [0.25, 0.3) is 5.91 Å². The van der Waals surface area contributed by atoms with Crippen molar-refractivity contribution in [3.8, 4) is 0 Å². The van der Waals surface area contributed by atoms with Gasteiger partial charge in [-0.2, -0.15) is 0 Å². The standard InChI is InChI=1S/C26H26N2O2/c29-25(27-23-12-5-2-6-13-23)21-15-17-28(18-16-21)26(30)24-14-8-7-11-22(24)19-20-9-3-1-4-10-20/h1-14,21H,15-19H2,(H,27,29). The fourth-order valence-electron chi connectivity index (χ4n) is 3.98. The molecule has 0 unspecified atom stereocenters. The first kappa shape index (κ1) is 19.9. The van der Waals surface area contributed by atoms with Gasteiger partial charge in [-0.15, -0.1) is 0 Å². The number of likely N-dealkylation sites (tertiary alicyclic amines) is 1. The summed E-state index contributed by atoms with van der Waals surface area (Å²) in [7, 11) is 0. The molecule has 4 nitrogen and oxygen atoms in total. The van der Waals surface area contributed by atoms with Crippen LogP contribution < -0.4 is 5.32 Å². The van der Waals surface area contributed by atoms with Crippen molar-refractivity contribution in [2.24, 2.45) is 5.92 Å². The molecule has 1 N–H and O–H groups in total. The molecule has 0 aliphatic carbocycles. The molecule has 4 heteroatoms. The Morgan fingerprint density at radius 3 is 2.10 bits per heavy atom. The van der Waals surface area contributed by atoms with Gasteiger partial charge in [0, 0.05) is 30.3 Å². The molecule has 1 saturated heterocycles. The Balaban J connectivity index is 1.38. The lowest BCUT2D eigenvalue weighted by molar-refractivity contribution is -0.121. The summed E-state index contributed by atoms with van der Waals surface area (Å²) in [5.74, 6) is 0.0371. The molecular weight excluding hydrogens is 372 g/mol. The molecule has 3 aromatic rings. The second-order valence-electron chi connectivity index (χ2n) is 7.74. The number of hydrogen-bond donors (Lipinski definition) is 1. The summed E-state index contributed by atoms with van der Waals surface area (Å²) in [5, 5.41) is 2.98. The summed E-state index contributed by atoms with van der Waals surface area (Å²) in [6.07, 6.45) is 2.11. The van der Waals surface area contributed by atoms with Crippen molar-refractivity contribution in [2.75, 3.05) is 18.4 Å². The van der Waals surface area contributed by atoms with Crippen LogP contribution in [0.25, 0.3) is 0 Å². The maximum absolute atomic E-state index is 13.2. The summed E-state index contributed by atoms with van der Waals surface area (Å²) in [4.78, 5) is 27.6. The number of rotatable bonds is 5. The number of carbonyl (C=O) groups is 2. The molecule has 0 radical (unpaired) electrons. The molecule has 0 spiro atoms. The first-order valence-electron chi connectivity index (χ1n) is 10.5. The van der Waals surface area contributed by atoms with Gasteiger partial charge in [0.1, 0.15) is 0 Å². The van der Waals surface area contributed by atoms with Crippen LogP contribution in [0.5, 0.6) is 0 Å². The summed E-state index contributed by atoms with van der Waals surface area (Å²) in [5.41, 5.74) is 3.80. The fraction of sp³-hybridized carbons (Fsp3) is 0.231. The van der Waals surface area contributed by atoms with Crippen molar-refractivity contribution in [1.82, 2.24) is 4.90 Å². The van der Waals surface area contributed by atoms with E-state index in [0.717, 1.165) is 23.2 Å². The van der Waals surface area contributed by atoms with Crippen LogP contribution in [0.3, 0.4) is 0 Å². The number of benzene rings is 3. The number of hydrogen-bond acceptors (Lipinski definition) is 2. The lowest BCUT2D eigenvalue weighted by Crippen LogP contribution is -2.41.